The van der Waals surface area contributed by atoms with E-state index in [1.807, 2.05) is 47.2 Å². The van der Waals surface area contributed by atoms with Crippen molar-refractivity contribution in [1.82, 2.24) is 4.57 Å². The van der Waals surface area contributed by atoms with Gasteiger partial charge in [-0.3, -0.25) is 4.79 Å². The van der Waals surface area contributed by atoms with Crippen molar-refractivity contribution in [3.63, 3.8) is 0 Å². The van der Waals surface area contributed by atoms with Crippen LogP contribution in [0.4, 0.5) is 0 Å². The maximum Gasteiger partial charge on any atom is 0.186 e. The van der Waals surface area contributed by atoms with E-state index in [0.717, 1.165) is 15.4 Å². The summed E-state index contributed by atoms with van der Waals surface area (Å²) in [6.07, 6.45) is 1.93. The Morgan fingerprint density at radius 1 is 1.19 bits per heavy atom. The first-order chi connectivity index (χ1) is 10.2. The number of fused-ring (bicyclic) bond motifs is 1. The summed E-state index contributed by atoms with van der Waals surface area (Å²) in [5, 5.41) is 1.12. The van der Waals surface area contributed by atoms with Crippen molar-refractivity contribution in [2.75, 3.05) is 7.11 Å². The highest BCUT2D eigenvalue weighted by Gasteiger charge is 2.13. The van der Waals surface area contributed by atoms with Gasteiger partial charge in [-0.05, 0) is 35.7 Å². The van der Waals surface area contributed by atoms with E-state index in [2.05, 4.69) is 15.9 Å². The minimum Gasteiger partial charge on any atom is -0.496 e. The summed E-state index contributed by atoms with van der Waals surface area (Å²) in [6, 6.07) is 15.4. The van der Waals surface area contributed by atoms with Crippen molar-refractivity contribution in [3.8, 4) is 5.75 Å². The van der Waals surface area contributed by atoms with Crippen LogP contribution in [0.2, 0.25) is 0 Å². The lowest BCUT2D eigenvalue weighted by Gasteiger charge is -2.09. The number of aromatic nitrogens is 1. The first-order valence-corrected chi connectivity index (χ1v) is 7.39. The topological polar surface area (TPSA) is 31.2 Å². The normalized spacial score (nSPS) is 10.8. The summed E-state index contributed by atoms with van der Waals surface area (Å²) >= 11 is 3.47. The van der Waals surface area contributed by atoms with Gasteiger partial charge in [0.1, 0.15) is 5.75 Å². The highest BCUT2D eigenvalue weighted by Crippen LogP contribution is 2.23. The predicted molar refractivity (Wildman–Crippen MR) is 87.0 cm³/mol. The zero-order valence-electron chi connectivity index (χ0n) is 11.5. The minimum absolute atomic E-state index is 0.0323. The number of hydrogen-bond acceptors (Lipinski definition) is 2. The molecule has 0 bridgehead atoms. The lowest BCUT2D eigenvalue weighted by atomic mass is 10.1. The Morgan fingerprint density at radius 2 is 2.00 bits per heavy atom. The molecule has 106 valence electrons. The van der Waals surface area contributed by atoms with Crippen LogP contribution in [0.15, 0.2) is 59.2 Å². The second-order valence-electron chi connectivity index (χ2n) is 4.77. The molecule has 1 heterocycles. The summed E-state index contributed by atoms with van der Waals surface area (Å²) in [7, 11) is 1.58. The SMILES string of the molecule is COc1ccccc1C(=O)Cn1ccc2ccc(Br)cc21. The van der Waals surface area contributed by atoms with Crippen molar-refractivity contribution in [3.05, 3.63) is 64.8 Å². The minimum atomic E-state index is 0.0323. The molecule has 3 aromatic rings. The van der Waals surface area contributed by atoms with Gasteiger partial charge in [-0.15, -0.1) is 0 Å². The predicted octanol–water partition coefficient (Wildman–Crippen LogP) is 4.30. The molecule has 3 nitrogen and oxygen atoms in total. The molecule has 0 aliphatic rings. The van der Waals surface area contributed by atoms with Gasteiger partial charge in [0, 0.05) is 16.2 Å². The van der Waals surface area contributed by atoms with Gasteiger partial charge in [0.25, 0.3) is 0 Å². The molecule has 0 aliphatic heterocycles. The molecule has 3 rings (SSSR count). The van der Waals surface area contributed by atoms with Crippen molar-refractivity contribution in [1.29, 1.82) is 0 Å². The smallest absolute Gasteiger partial charge is 0.186 e. The highest BCUT2D eigenvalue weighted by atomic mass is 79.9. The van der Waals surface area contributed by atoms with E-state index in [-0.39, 0.29) is 5.78 Å². The summed E-state index contributed by atoms with van der Waals surface area (Å²) in [6.45, 7) is 0.292. The van der Waals surface area contributed by atoms with E-state index in [1.54, 1.807) is 19.2 Å². The lowest BCUT2D eigenvalue weighted by Crippen LogP contribution is -2.10. The van der Waals surface area contributed by atoms with E-state index < -0.39 is 0 Å². The standard InChI is InChI=1S/C17H14BrNO2/c1-21-17-5-3-2-4-14(17)16(20)11-19-9-8-12-6-7-13(18)10-15(12)19/h2-10H,11H2,1H3. The molecule has 0 spiro atoms. The molecule has 21 heavy (non-hydrogen) atoms. The number of benzene rings is 2. The quantitative estimate of drug-likeness (QED) is 0.661. The highest BCUT2D eigenvalue weighted by molar-refractivity contribution is 9.10. The van der Waals surface area contributed by atoms with Crippen molar-refractivity contribution < 1.29 is 9.53 Å². The van der Waals surface area contributed by atoms with Gasteiger partial charge in [-0.1, -0.05) is 34.1 Å². The first-order valence-electron chi connectivity index (χ1n) is 6.59. The van der Waals surface area contributed by atoms with Crippen molar-refractivity contribution >= 4 is 32.6 Å². The van der Waals surface area contributed by atoms with Gasteiger partial charge in [-0.2, -0.15) is 0 Å². The Bertz CT molecular complexity index is 807. The Labute approximate surface area is 131 Å². The Kier molecular flexibility index (Phi) is 3.80. The Balaban J connectivity index is 1.95. The zero-order valence-corrected chi connectivity index (χ0v) is 13.1. The number of nitrogens with zero attached hydrogens (tertiary/aromatic N) is 1. The molecule has 0 N–H and O–H groups in total. The van der Waals surface area contributed by atoms with Crippen molar-refractivity contribution in [2.24, 2.45) is 0 Å². The molecule has 2 aromatic carbocycles. The molecular formula is C17H14BrNO2. The largest absolute Gasteiger partial charge is 0.496 e. The number of ether oxygens (including phenoxy) is 1. The van der Waals surface area contributed by atoms with Crippen LogP contribution >= 0.6 is 15.9 Å². The average Bonchev–Trinajstić information content (AvgIpc) is 2.89. The molecule has 0 unspecified atom stereocenters. The Morgan fingerprint density at radius 3 is 2.81 bits per heavy atom. The van der Waals surface area contributed by atoms with Crippen LogP contribution in [0, 0.1) is 0 Å². The number of halogens is 1. The fraction of sp³-hybridized carbons (Fsp3) is 0.118. The van der Waals surface area contributed by atoms with E-state index in [0.29, 0.717) is 17.9 Å². The number of para-hydroxylation sites is 1. The van der Waals surface area contributed by atoms with Crippen LogP contribution < -0.4 is 4.74 Å². The van der Waals surface area contributed by atoms with E-state index >= 15 is 0 Å². The maximum atomic E-state index is 12.5. The number of methoxy groups -OCH3 is 1. The molecular weight excluding hydrogens is 330 g/mol. The fourth-order valence-corrected chi connectivity index (χ4v) is 2.76. The second-order valence-corrected chi connectivity index (χ2v) is 5.69. The molecule has 0 atom stereocenters. The molecule has 4 heteroatoms. The monoisotopic (exact) mass is 343 g/mol. The van der Waals surface area contributed by atoms with E-state index in [1.165, 1.54) is 0 Å². The Hall–Kier alpha value is -2.07. The van der Waals surface area contributed by atoms with Gasteiger partial charge in [0.15, 0.2) is 5.78 Å². The van der Waals surface area contributed by atoms with Crippen LogP contribution in [-0.2, 0) is 6.54 Å². The van der Waals surface area contributed by atoms with Crippen LogP contribution in [-0.4, -0.2) is 17.5 Å². The fourth-order valence-electron chi connectivity index (χ4n) is 2.41. The third kappa shape index (κ3) is 2.72. The summed E-state index contributed by atoms with van der Waals surface area (Å²) < 4.78 is 8.21. The second kappa shape index (κ2) is 5.74. The van der Waals surface area contributed by atoms with Crippen LogP contribution in [0.1, 0.15) is 10.4 Å². The van der Waals surface area contributed by atoms with Gasteiger partial charge >= 0.3 is 0 Å². The summed E-state index contributed by atoms with van der Waals surface area (Å²) in [4.78, 5) is 12.5. The van der Waals surface area contributed by atoms with Gasteiger partial charge in [0.2, 0.25) is 0 Å². The summed E-state index contributed by atoms with van der Waals surface area (Å²) in [5.74, 6) is 0.644. The molecule has 0 amide bonds. The third-order valence-electron chi connectivity index (χ3n) is 3.46. The number of carbonyl (C=O) groups is 1. The van der Waals surface area contributed by atoms with Crippen LogP contribution in [0.3, 0.4) is 0 Å². The van der Waals surface area contributed by atoms with Gasteiger partial charge in [-0.25, -0.2) is 0 Å². The number of hydrogen-bond donors (Lipinski definition) is 0. The van der Waals surface area contributed by atoms with E-state index in [4.69, 9.17) is 4.74 Å². The molecule has 0 saturated carbocycles. The number of rotatable bonds is 4. The summed E-state index contributed by atoms with van der Waals surface area (Å²) in [5.41, 5.74) is 1.64. The van der Waals surface area contributed by atoms with Gasteiger partial charge in [0.05, 0.1) is 19.2 Å². The first kappa shape index (κ1) is 13.9. The zero-order chi connectivity index (χ0) is 14.8. The van der Waals surface area contributed by atoms with Crippen molar-refractivity contribution in [2.45, 2.75) is 6.54 Å². The van der Waals surface area contributed by atoms with Gasteiger partial charge < -0.3 is 9.30 Å². The average molecular weight is 344 g/mol. The molecule has 0 aliphatic carbocycles. The lowest BCUT2D eigenvalue weighted by molar-refractivity contribution is 0.0970. The molecule has 0 fully saturated rings. The van der Waals surface area contributed by atoms with Crippen LogP contribution in [0.25, 0.3) is 10.9 Å². The maximum absolute atomic E-state index is 12.5. The number of carbonyl (C=O) groups excluding carboxylic acids is 1. The van der Waals surface area contributed by atoms with E-state index in [9.17, 15) is 4.79 Å². The van der Waals surface area contributed by atoms with Crippen LogP contribution in [0.5, 0.6) is 5.75 Å². The number of ketones is 1. The number of Topliss-reactive ketones (excluding diaryl/α,β-unsaturated/α-hetero) is 1. The molecule has 1 aromatic heterocycles. The molecule has 0 saturated heterocycles. The third-order valence-corrected chi connectivity index (χ3v) is 3.95. The molecule has 0 radical (unpaired) electrons.